The molecule has 6 nitrogen and oxygen atoms in total. The molecule has 0 unspecified atom stereocenters. The summed E-state index contributed by atoms with van der Waals surface area (Å²) in [5.74, 6) is -1.00. The van der Waals surface area contributed by atoms with E-state index in [1.165, 1.54) is 12.4 Å². The van der Waals surface area contributed by atoms with Gasteiger partial charge in [-0.3, -0.25) is 4.79 Å². The maximum Gasteiger partial charge on any atom is 0.247 e. The molecule has 1 aromatic carbocycles. The number of nitrogens with one attached hydrogen (secondary N) is 1. The van der Waals surface area contributed by atoms with Crippen LogP contribution < -0.4 is 5.32 Å². The fraction of sp³-hybridized carbons (Fsp3) is 0.0667. The van der Waals surface area contributed by atoms with E-state index in [0.717, 1.165) is 11.6 Å². The van der Waals surface area contributed by atoms with Crippen molar-refractivity contribution >= 4 is 34.4 Å². The highest BCUT2D eigenvalue weighted by Gasteiger charge is 2.10. The Labute approximate surface area is 135 Å². The zero-order valence-electron chi connectivity index (χ0n) is 11.8. The van der Waals surface area contributed by atoms with Crippen LogP contribution in [0.2, 0.25) is 5.15 Å². The average molecular weight is 332 g/mol. The Morgan fingerprint density at radius 1 is 1.39 bits per heavy atom. The molecule has 0 radical (unpaired) electrons. The predicted molar refractivity (Wildman–Crippen MR) is 84.7 cm³/mol. The number of nitrogens with zero attached hydrogens (tertiary/aromatic N) is 4. The van der Waals surface area contributed by atoms with Gasteiger partial charge in [-0.1, -0.05) is 24.2 Å². The first-order chi connectivity index (χ1) is 11.1. The molecule has 116 valence electrons. The van der Waals surface area contributed by atoms with Crippen molar-refractivity contribution in [2.45, 2.75) is 6.54 Å². The lowest BCUT2D eigenvalue weighted by atomic mass is 10.2. The highest BCUT2D eigenvalue weighted by atomic mass is 35.5. The van der Waals surface area contributed by atoms with Crippen LogP contribution in [0, 0.1) is 5.82 Å². The molecule has 23 heavy (non-hydrogen) atoms. The number of halogens is 2. The SMILES string of the molecule is C=CC(=O)Nc1cc(Cn2cnc3c(Cl)ncnc32)ccc1F. The van der Waals surface area contributed by atoms with Crippen molar-refractivity contribution in [3.63, 3.8) is 0 Å². The second kappa shape index (κ2) is 6.13. The molecule has 0 aliphatic carbocycles. The predicted octanol–water partition coefficient (Wildman–Crippen LogP) is 2.79. The number of anilines is 1. The van der Waals surface area contributed by atoms with Crippen molar-refractivity contribution < 1.29 is 9.18 Å². The maximum absolute atomic E-state index is 13.7. The van der Waals surface area contributed by atoms with Crippen molar-refractivity contribution in [3.05, 3.63) is 60.0 Å². The first kappa shape index (κ1) is 15.1. The maximum atomic E-state index is 13.7. The van der Waals surface area contributed by atoms with E-state index in [9.17, 15) is 9.18 Å². The van der Waals surface area contributed by atoms with Crippen LogP contribution in [0.4, 0.5) is 10.1 Å². The molecule has 0 saturated carbocycles. The number of amides is 1. The summed E-state index contributed by atoms with van der Waals surface area (Å²) in [5, 5.41) is 2.69. The van der Waals surface area contributed by atoms with Crippen LogP contribution in [0.1, 0.15) is 5.56 Å². The fourth-order valence-electron chi connectivity index (χ4n) is 2.11. The van der Waals surface area contributed by atoms with Gasteiger partial charge in [0.2, 0.25) is 5.91 Å². The number of rotatable bonds is 4. The number of carbonyl (C=O) groups excluding carboxylic acids is 1. The zero-order chi connectivity index (χ0) is 16.4. The Hall–Kier alpha value is -2.80. The minimum Gasteiger partial charge on any atom is -0.320 e. The largest absolute Gasteiger partial charge is 0.320 e. The second-order valence-corrected chi connectivity index (χ2v) is 5.07. The lowest BCUT2D eigenvalue weighted by molar-refractivity contribution is -0.111. The number of aromatic nitrogens is 4. The van der Waals surface area contributed by atoms with Crippen LogP contribution in [-0.2, 0) is 11.3 Å². The van der Waals surface area contributed by atoms with Crippen molar-refractivity contribution in [2.24, 2.45) is 0 Å². The third-order valence-electron chi connectivity index (χ3n) is 3.18. The average Bonchev–Trinajstić information content (AvgIpc) is 2.95. The van der Waals surface area contributed by atoms with Gasteiger partial charge in [0.15, 0.2) is 10.8 Å². The van der Waals surface area contributed by atoms with Gasteiger partial charge in [-0.25, -0.2) is 19.3 Å². The van der Waals surface area contributed by atoms with Crippen LogP contribution in [-0.4, -0.2) is 25.4 Å². The van der Waals surface area contributed by atoms with Crippen LogP contribution in [0.5, 0.6) is 0 Å². The number of hydrogen-bond acceptors (Lipinski definition) is 4. The summed E-state index contributed by atoms with van der Waals surface area (Å²) in [7, 11) is 0. The smallest absolute Gasteiger partial charge is 0.247 e. The summed E-state index contributed by atoms with van der Waals surface area (Å²) in [6.45, 7) is 3.73. The molecule has 0 fully saturated rings. The molecule has 8 heteroatoms. The minimum atomic E-state index is -0.523. The summed E-state index contributed by atoms with van der Waals surface area (Å²) < 4.78 is 15.5. The normalized spacial score (nSPS) is 10.7. The Kier molecular flexibility index (Phi) is 4.03. The quantitative estimate of drug-likeness (QED) is 0.589. The first-order valence-corrected chi connectivity index (χ1v) is 6.99. The van der Waals surface area contributed by atoms with Gasteiger partial charge >= 0.3 is 0 Å². The molecule has 3 aromatic rings. The summed E-state index contributed by atoms with van der Waals surface area (Å²) in [6, 6.07) is 4.45. The summed E-state index contributed by atoms with van der Waals surface area (Å²) in [6.07, 6.45) is 4.01. The van der Waals surface area contributed by atoms with Crippen LogP contribution >= 0.6 is 11.6 Å². The Morgan fingerprint density at radius 2 is 2.22 bits per heavy atom. The molecule has 0 aliphatic rings. The number of benzene rings is 1. The monoisotopic (exact) mass is 331 g/mol. The highest BCUT2D eigenvalue weighted by molar-refractivity contribution is 6.33. The van der Waals surface area contributed by atoms with Crippen LogP contribution in [0.3, 0.4) is 0 Å². The van der Waals surface area contributed by atoms with Gasteiger partial charge in [-0.15, -0.1) is 0 Å². The van der Waals surface area contributed by atoms with Gasteiger partial charge in [0, 0.05) is 0 Å². The van der Waals surface area contributed by atoms with Gasteiger partial charge in [-0.05, 0) is 23.8 Å². The Balaban J connectivity index is 1.93. The molecule has 0 aliphatic heterocycles. The second-order valence-electron chi connectivity index (χ2n) is 4.72. The molecule has 0 bridgehead atoms. The van der Waals surface area contributed by atoms with Gasteiger partial charge in [0.05, 0.1) is 18.6 Å². The van der Waals surface area contributed by atoms with Crippen LogP contribution in [0.15, 0.2) is 43.5 Å². The van der Waals surface area contributed by atoms with Crippen molar-refractivity contribution in [3.8, 4) is 0 Å². The summed E-state index contributed by atoms with van der Waals surface area (Å²) >= 11 is 5.96. The van der Waals surface area contributed by atoms with E-state index in [-0.39, 0.29) is 10.8 Å². The Bertz CT molecular complexity index is 908. The molecular formula is C15H11ClFN5O. The van der Waals surface area contributed by atoms with E-state index in [0.29, 0.717) is 17.7 Å². The zero-order valence-corrected chi connectivity index (χ0v) is 12.6. The van der Waals surface area contributed by atoms with E-state index in [4.69, 9.17) is 11.6 Å². The number of carbonyl (C=O) groups is 1. The van der Waals surface area contributed by atoms with Crippen molar-refractivity contribution in [1.82, 2.24) is 19.5 Å². The van der Waals surface area contributed by atoms with E-state index < -0.39 is 11.7 Å². The third-order valence-corrected chi connectivity index (χ3v) is 3.46. The molecule has 2 heterocycles. The number of fused-ring (bicyclic) bond motifs is 1. The van der Waals surface area contributed by atoms with E-state index in [1.807, 2.05) is 0 Å². The van der Waals surface area contributed by atoms with Gasteiger partial charge in [0.25, 0.3) is 0 Å². The molecule has 1 amide bonds. The lowest BCUT2D eigenvalue weighted by Gasteiger charge is -2.08. The van der Waals surface area contributed by atoms with Gasteiger partial charge in [0.1, 0.15) is 17.7 Å². The standard InChI is InChI=1S/C15H11ClFN5O/c1-2-12(23)21-11-5-9(3-4-10(11)17)6-22-8-20-13-14(16)18-7-19-15(13)22/h2-5,7-8H,1,6H2,(H,21,23). The molecule has 0 atom stereocenters. The van der Waals surface area contributed by atoms with E-state index in [1.54, 1.807) is 23.0 Å². The topological polar surface area (TPSA) is 72.7 Å². The van der Waals surface area contributed by atoms with Gasteiger partial charge in [-0.2, -0.15) is 0 Å². The molecule has 3 rings (SSSR count). The van der Waals surface area contributed by atoms with Crippen molar-refractivity contribution in [1.29, 1.82) is 0 Å². The molecular weight excluding hydrogens is 321 g/mol. The third kappa shape index (κ3) is 3.04. The van der Waals surface area contributed by atoms with Crippen molar-refractivity contribution in [2.75, 3.05) is 5.32 Å². The van der Waals surface area contributed by atoms with Crippen LogP contribution in [0.25, 0.3) is 11.2 Å². The molecule has 2 aromatic heterocycles. The fourth-order valence-corrected chi connectivity index (χ4v) is 2.29. The molecule has 1 N–H and O–H groups in total. The van der Waals surface area contributed by atoms with Gasteiger partial charge < -0.3 is 9.88 Å². The summed E-state index contributed by atoms with van der Waals surface area (Å²) in [5.41, 5.74) is 1.92. The first-order valence-electron chi connectivity index (χ1n) is 6.61. The van der Waals surface area contributed by atoms with E-state index >= 15 is 0 Å². The highest BCUT2D eigenvalue weighted by Crippen LogP contribution is 2.20. The molecule has 0 saturated heterocycles. The van der Waals surface area contributed by atoms with E-state index in [2.05, 4.69) is 26.8 Å². The molecule has 0 spiro atoms. The number of hydrogen-bond donors (Lipinski definition) is 1. The lowest BCUT2D eigenvalue weighted by Crippen LogP contribution is -2.09. The Morgan fingerprint density at radius 3 is 3.00 bits per heavy atom. The summed E-state index contributed by atoms with van der Waals surface area (Å²) in [4.78, 5) is 23.5. The number of imidazole rings is 1. The minimum absolute atomic E-state index is 0.0875.